The van der Waals surface area contributed by atoms with Crippen molar-refractivity contribution >= 4 is 39.8 Å². The van der Waals surface area contributed by atoms with Crippen LogP contribution in [0.25, 0.3) is 10.4 Å². The summed E-state index contributed by atoms with van der Waals surface area (Å²) in [6, 6.07) is 5.89. The molecule has 1 aromatic heterocycles. The van der Waals surface area contributed by atoms with Crippen molar-refractivity contribution < 1.29 is 9.18 Å². The van der Waals surface area contributed by atoms with E-state index in [1.807, 2.05) is 22.6 Å². The molecular weight excluding hydrogens is 342 g/mol. The number of thiazole rings is 1. The summed E-state index contributed by atoms with van der Waals surface area (Å²) >= 11 is 3.37. The third-order valence-corrected chi connectivity index (χ3v) is 3.74. The van der Waals surface area contributed by atoms with Crippen molar-refractivity contribution in [2.75, 3.05) is 0 Å². The molecule has 0 bridgehead atoms. The highest BCUT2D eigenvalue weighted by Gasteiger charge is 2.16. The molecule has 0 fully saturated rings. The van der Waals surface area contributed by atoms with Crippen molar-refractivity contribution in [2.24, 2.45) is 5.73 Å². The number of benzene rings is 1. The van der Waals surface area contributed by atoms with E-state index in [1.165, 1.54) is 23.5 Å². The predicted molar refractivity (Wildman–Crippen MR) is 68.7 cm³/mol. The molecule has 2 aromatic rings. The number of halogens is 2. The Morgan fingerprint density at radius 2 is 2.00 bits per heavy atom. The quantitative estimate of drug-likeness (QED) is 0.849. The third-order valence-electron chi connectivity index (χ3n) is 1.94. The van der Waals surface area contributed by atoms with Crippen LogP contribution in [0.15, 0.2) is 24.3 Å². The number of aromatic nitrogens is 1. The molecule has 2 rings (SSSR count). The smallest absolute Gasteiger partial charge is 0.268 e. The molecular formula is C10H6FIN2OS. The van der Waals surface area contributed by atoms with Crippen LogP contribution >= 0.6 is 33.9 Å². The third kappa shape index (κ3) is 2.22. The van der Waals surface area contributed by atoms with Crippen LogP contribution in [0.1, 0.15) is 10.5 Å². The molecule has 0 saturated carbocycles. The Labute approximate surface area is 109 Å². The van der Waals surface area contributed by atoms with Crippen molar-refractivity contribution in [1.29, 1.82) is 0 Å². The van der Waals surface area contributed by atoms with Gasteiger partial charge >= 0.3 is 0 Å². The molecule has 1 aromatic carbocycles. The summed E-state index contributed by atoms with van der Waals surface area (Å²) in [5.41, 5.74) is 6.21. The fourth-order valence-electron chi connectivity index (χ4n) is 1.26. The fraction of sp³-hybridized carbons (Fsp3) is 0. The zero-order valence-corrected chi connectivity index (χ0v) is 10.9. The summed E-state index contributed by atoms with van der Waals surface area (Å²) in [6.45, 7) is 0. The van der Waals surface area contributed by atoms with Gasteiger partial charge in [0.1, 0.15) is 11.5 Å². The second kappa shape index (κ2) is 4.46. The lowest BCUT2D eigenvalue weighted by Gasteiger charge is -1.98. The first-order valence-electron chi connectivity index (χ1n) is 4.30. The second-order valence-corrected chi connectivity index (χ2v) is 5.77. The van der Waals surface area contributed by atoms with Gasteiger partial charge < -0.3 is 5.73 Å². The van der Waals surface area contributed by atoms with Crippen LogP contribution in [-0.4, -0.2) is 10.9 Å². The molecule has 0 aliphatic carbocycles. The maximum atomic E-state index is 12.8. The molecule has 16 heavy (non-hydrogen) atoms. The highest BCUT2D eigenvalue weighted by molar-refractivity contribution is 14.1. The van der Waals surface area contributed by atoms with Crippen LogP contribution in [0.4, 0.5) is 4.39 Å². The monoisotopic (exact) mass is 348 g/mol. The van der Waals surface area contributed by atoms with E-state index in [9.17, 15) is 9.18 Å². The van der Waals surface area contributed by atoms with Gasteiger partial charge in [-0.2, -0.15) is 0 Å². The van der Waals surface area contributed by atoms with Crippen LogP contribution in [0.3, 0.4) is 0 Å². The van der Waals surface area contributed by atoms with Crippen molar-refractivity contribution in [3.05, 3.63) is 38.8 Å². The molecule has 0 spiro atoms. The van der Waals surface area contributed by atoms with Gasteiger partial charge in [0.05, 0.1) is 4.88 Å². The van der Waals surface area contributed by atoms with Gasteiger partial charge in [0.25, 0.3) is 5.91 Å². The Morgan fingerprint density at radius 3 is 2.56 bits per heavy atom. The van der Waals surface area contributed by atoms with E-state index in [0.29, 0.717) is 4.88 Å². The number of nitrogens with two attached hydrogens (primary N) is 1. The van der Waals surface area contributed by atoms with Crippen LogP contribution in [0.2, 0.25) is 0 Å². The summed E-state index contributed by atoms with van der Waals surface area (Å²) in [6.07, 6.45) is 0. The zero-order chi connectivity index (χ0) is 11.7. The number of carbonyl (C=O) groups is 1. The van der Waals surface area contributed by atoms with Crippen molar-refractivity contribution in [1.82, 2.24) is 4.98 Å². The molecule has 1 heterocycles. The Morgan fingerprint density at radius 1 is 1.38 bits per heavy atom. The Bertz CT molecular complexity index is 538. The van der Waals surface area contributed by atoms with Crippen LogP contribution in [-0.2, 0) is 0 Å². The first-order valence-corrected chi connectivity index (χ1v) is 6.19. The largest absolute Gasteiger partial charge is 0.364 e. The Hall–Kier alpha value is -1.02. The van der Waals surface area contributed by atoms with E-state index in [-0.39, 0.29) is 11.5 Å². The normalized spacial score (nSPS) is 10.4. The molecule has 6 heteroatoms. The van der Waals surface area contributed by atoms with E-state index in [1.54, 1.807) is 12.1 Å². The molecule has 3 nitrogen and oxygen atoms in total. The van der Waals surface area contributed by atoms with E-state index < -0.39 is 5.91 Å². The summed E-state index contributed by atoms with van der Waals surface area (Å²) in [5.74, 6) is -0.887. The molecule has 2 N–H and O–H groups in total. The van der Waals surface area contributed by atoms with E-state index in [0.717, 1.165) is 8.58 Å². The highest BCUT2D eigenvalue weighted by Crippen LogP contribution is 2.30. The topological polar surface area (TPSA) is 56.0 Å². The summed E-state index contributed by atoms with van der Waals surface area (Å²) in [5, 5.41) is 0. The zero-order valence-electron chi connectivity index (χ0n) is 7.91. The number of rotatable bonds is 2. The Balaban J connectivity index is 2.55. The number of carbonyl (C=O) groups excluding carboxylic acids is 1. The van der Waals surface area contributed by atoms with Crippen molar-refractivity contribution in [3.8, 4) is 10.4 Å². The standard InChI is InChI=1S/C10H6FIN2OS/c11-6-3-1-5(2-4-6)8-7(9(13)15)14-10(12)16-8/h1-4H,(H2,13,15). The molecule has 1 amide bonds. The lowest BCUT2D eigenvalue weighted by molar-refractivity contribution is 0.0996. The van der Waals surface area contributed by atoms with Crippen molar-refractivity contribution in [2.45, 2.75) is 0 Å². The lowest BCUT2D eigenvalue weighted by Crippen LogP contribution is -2.12. The molecule has 0 radical (unpaired) electrons. The fourth-order valence-corrected chi connectivity index (χ4v) is 2.96. The molecule has 0 saturated heterocycles. The van der Waals surface area contributed by atoms with Gasteiger partial charge in [-0.15, -0.1) is 11.3 Å². The van der Waals surface area contributed by atoms with Gasteiger partial charge in [0.2, 0.25) is 0 Å². The molecule has 82 valence electrons. The molecule has 0 atom stereocenters. The lowest BCUT2D eigenvalue weighted by atomic mass is 10.1. The number of primary amides is 1. The average Bonchev–Trinajstić information content (AvgIpc) is 2.61. The summed E-state index contributed by atoms with van der Waals surface area (Å²) in [7, 11) is 0. The van der Waals surface area contributed by atoms with Gasteiger partial charge in [-0.25, -0.2) is 9.37 Å². The van der Waals surface area contributed by atoms with Crippen molar-refractivity contribution in [3.63, 3.8) is 0 Å². The van der Waals surface area contributed by atoms with E-state index >= 15 is 0 Å². The van der Waals surface area contributed by atoms with Crippen LogP contribution in [0.5, 0.6) is 0 Å². The minimum absolute atomic E-state index is 0.237. The number of amides is 1. The average molecular weight is 348 g/mol. The Kier molecular flexibility index (Phi) is 3.20. The van der Waals surface area contributed by atoms with Gasteiger partial charge in [-0.1, -0.05) is 12.1 Å². The maximum absolute atomic E-state index is 12.8. The van der Waals surface area contributed by atoms with E-state index in [4.69, 9.17) is 5.73 Å². The van der Waals surface area contributed by atoms with Gasteiger partial charge in [0.15, 0.2) is 3.01 Å². The SMILES string of the molecule is NC(=O)c1nc(I)sc1-c1ccc(F)cc1. The predicted octanol–water partition coefficient (Wildman–Crippen LogP) is 2.65. The minimum Gasteiger partial charge on any atom is -0.364 e. The highest BCUT2D eigenvalue weighted by atomic mass is 127. The van der Waals surface area contributed by atoms with Crippen LogP contribution in [0, 0.1) is 8.83 Å². The van der Waals surface area contributed by atoms with Gasteiger partial charge in [-0.3, -0.25) is 4.79 Å². The first kappa shape index (κ1) is 11.5. The number of hydrogen-bond acceptors (Lipinski definition) is 3. The number of nitrogens with zero attached hydrogens (tertiary/aromatic N) is 1. The van der Waals surface area contributed by atoms with Crippen LogP contribution < -0.4 is 5.73 Å². The molecule has 0 aliphatic heterocycles. The maximum Gasteiger partial charge on any atom is 0.268 e. The summed E-state index contributed by atoms with van der Waals surface area (Å²) in [4.78, 5) is 15.9. The summed E-state index contributed by atoms with van der Waals surface area (Å²) < 4.78 is 13.5. The number of hydrogen-bond donors (Lipinski definition) is 1. The van der Waals surface area contributed by atoms with Gasteiger partial charge in [-0.05, 0) is 40.3 Å². The molecule has 0 aliphatic rings. The minimum atomic E-state index is -0.571. The molecule has 0 unspecified atom stereocenters. The van der Waals surface area contributed by atoms with Gasteiger partial charge in [0, 0.05) is 0 Å². The van der Waals surface area contributed by atoms with E-state index in [2.05, 4.69) is 4.98 Å². The first-order chi connectivity index (χ1) is 7.58. The second-order valence-electron chi connectivity index (χ2n) is 3.02.